The highest BCUT2D eigenvalue weighted by Crippen LogP contribution is 2.36. The van der Waals surface area contributed by atoms with Gasteiger partial charge in [0.05, 0.1) is 13.2 Å². The van der Waals surface area contributed by atoms with E-state index in [1.54, 1.807) is 6.92 Å². The van der Waals surface area contributed by atoms with Crippen molar-refractivity contribution in [1.29, 1.82) is 0 Å². The fourth-order valence-corrected chi connectivity index (χ4v) is 1.71. The van der Waals surface area contributed by atoms with Gasteiger partial charge in [-0.15, -0.1) is 0 Å². The number of carbonyl (C=O) groups is 1. The zero-order valence-corrected chi connectivity index (χ0v) is 13.2. The molecule has 2 N–H and O–H groups in total. The minimum atomic E-state index is -4.26. The van der Waals surface area contributed by atoms with Crippen LogP contribution in [0.15, 0.2) is 0 Å². The van der Waals surface area contributed by atoms with E-state index in [2.05, 4.69) is 16.2 Å². The lowest BCUT2D eigenvalue weighted by Gasteiger charge is -2.14. The second-order valence-corrected chi connectivity index (χ2v) is 5.37. The van der Waals surface area contributed by atoms with Crippen LogP contribution in [0.3, 0.4) is 0 Å². The van der Waals surface area contributed by atoms with Gasteiger partial charge >= 0.3 is 13.8 Å². The minimum Gasteiger partial charge on any atom is -0.466 e. The molecule has 19 heavy (non-hydrogen) atoms. The van der Waals surface area contributed by atoms with Gasteiger partial charge in [-0.25, -0.2) is 4.57 Å². The van der Waals surface area contributed by atoms with Gasteiger partial charge in [0.15, 0.2) is 0 Å². The van der Waals surface area contributed by atoms with Crippen molar-refractivity contribution in [3.8, 4) is 0 Å². The third-order valence-electron chi connectivity index (χ3n) is 2.37. The summed E-state index contributed by atoms with van der Waals surface area (Å²) >= 11 is 0. The molecule has 0 aliphatic rings. The minimum absolute atomic E-state index is 0.167. The number of esters is 1. The van der Waals surface area contributed by atoms with Crippen molar-refractivity contribution in [2.75, 3.05) is 13.2 Å². The third-order valence-corrected chi connectivity index (χ3v) is 2.85. The van der Waals surface area contributed by atoms with Crippen molar-refractivity contribution in [2.24, 2.45) is 5.92 Å². The molecule has 0 aromatic carbocycles. The van der Waals surface area contributed by atoms with Crippen LogP contribution in [0.5, 0.6) is 0 Å². The molecule has 0 radical (unpaired) electrons. The molecule has 0 fully saturated rings. The second-order valence-electron chi connectivity index (χ2n) is 4.13. The van der Waals surface area contributed by atoms with Crippen LogP contribution in [0.25, 0.3) is 0 Å². The number of carbonyl (C=O) groups excluding carboxylic acids is 1. The summed E-state index contributed by atoms with van der Waals surface area (Å²) in [7, 11) is -4.26. The Kier molecular flexibility index (Phi) is 13.9. The second kappa shape index (κ2) is 12.6. The van der Waals surface area contributed by atoms with Gasteiger partial charge < -0.3 is 14.5 Å². The first-order chi connectivity index (χ1) is 8.76. The van der Waals surface area contributed by atoms with Crippen LogP contribution < -0.4 is 0 Å². The fraction of sp³-hybridized carbons (Fsp3) is 0.917. The van der Waals surface area contributed by atoms with Crippen LogP contribution in [0.4, 0.5) is 0 Å². The standard InChI is InChI=1S/C8H19O4P.C4H8O2/c1-3-5-6-8(4-2)7-12-13(9,10)11;1-3-6-4(2)5/h8H,3-7H2,1-2H3,(H2,9,10,11);3H2,1-2H3. The van der Waals surface area contributed by atoms with Gasteiger partial charge in [0, 0.05) is 6.92 Å². The smallest absolute Gasteiger partial charge is 0.466 e. The maximum absolute atomic E-state index is 10.4. The number of phosphoric acid groups is 1. The van der Waals surface area contributed by atoms with E-state index in [0.717, 1.165) is 25.7 Å². The summed E-state index contributed by atoms with van der Waals surface area (Å²) in [6.07, 6.45) is 4.07. The molecule has 1 atom stereocenters. The number of phosphoric ester groups is 1. The number of rotatable bonds is 8. The Morgan fingerprint density at radius 2 is 1.84 bits per heavy atom. The van der Waals surface area contributed by atoms with Crippen molar-refractivity contribution in [2.45, 2.75) is 53.4 Å². The van der Waals surface area contributed by atoms with Gasteiger partial charge in [0.1, 0.15) is 0 Å². The summed E-state index contributed by atoms with van der Waals surface area (Å²) in [6.45, 7) is 7.92. The summed E-state index contributed by atoms with van der Waals surface area (Å²) < 4.78 is 19.2. The summed E-state index contributed by atoms with van der Waals surface area (Å²) in [5, 5.41) is 0. The monoisotopic (exact) mass is 298 g/mol. The highest BCUT2D eigenvalue weighted by atomic mass is 31.2. The molecule has 1 unspecified atom stereocenters. The predicted octanol–water partition coefficient (Wildman–Crippen LogP) is 2.88. The van der Waals surface area contributed by atoms with Gasteiger partial charge in [-0.05, 0) is 19.3 Å². The summed E-state index contributed by atoms with van der Waals surface area (Å²) in [6, 6.07) is 0. The van der Waals surface area contributed by atoms with E-state index < -0.39 is 7.82 Å². The molecular formula is C12H27O6P. The molecular weight excluding hydrogens is 271 g/mol. The SMILES string of the molecule is CCCCC(CC)COP(=O)(O)O.CCOC(C)=O. The Morgan fingerprint density at radius 3 is 2.11 bits per heavy atom. The Hall–Kier alpha value is -0.420. The summed E-state index contributed by atoms with van der Waals surface area (Å²) in [5.41, 5.74) is 0. The first-order valence-electron chi connectivity index (χ1n) is 6.60. The van der Waals surface area contributed by atoms with E-state index in [-0.39, 0.29) is 18.5 Å². The molecule has 6 nitrogen and oxygen atoms in total. The zero-order valence-electron chi connectivity index (χ0n) is 12.3. The molecule has 0 rings (SSSR count). The maximum Gasteiger partial charge on any atom is 0.469 e. The average Bonchev–Trinajstić information content (AvgIpc) is 2.28. The highest BCUT2D eigenvalue weighted by Gasteiger charge is 2.16. The number of hydrogen-bond acceptors (Lipinski definition) is 4. The van der Waals surface area contributed by atoms with Crippen molar-refractivity contribution in [3.63, 3.8) is 0 Å². The van der Waals surface area contributed by atoms with Crippen LogP contribution in [-0.2, 0) is 18.6 Å². The summed E-state index contributed by atoms with van der Waals surface area (Å²) in [4.78, 5) is 26.8. The lowest BCUT2D eigenvalue weighted by Crippen LogP contribution is -2.07. The molecule has 116 valence electrons. The first-order valence-corrected chi connectivity index (χ1v) is 8.13. The fourth-order valence-electron chi connectivity index (χ4n) is 1.30. The molecule has 0 heterocycles. The van der Waals surface area contributed by atoms with E-state index >= 15 is 0 Å². The Bertz CT molecular complexity index is 263. The van der Waals surface area contributed by atoms with E-state index in [4.69, 9.17) is 9.79 Å². The maximum atomic E-state index is 10.4. The van der Waals surface area contributed by atoms with Crippen LogP contribution in [-0.4, -0.2) is 29.0 Å². The lowest BCUT2D eigenvalue weighted by atomic mass is 10.0. The van der Waals surface area contributed by atoms with Gasteiger partial charge in [0.2, 0.25) is 0 Å². The van der Waals surface area contributed by atoms with Crippen molar-refractivity contribution >= 4 is 13.8 Å². The predicted molar refractivity (Wildman–Crippen MR) is 73.6 cm³/mol. The molecule has 0 aliphatic heterocycles. The van der Waals surface area contributed by atoms with E-state index in [0.29, 0.717) is 6.61 Å². The van der Waals surface area contributed by atoms with Crippen molar-refractivity contribution in [3.05, 3.63) is 0 Å². The molecule has 0 aromatic heterocycles. The number of unbranched alkanes of at least 4 members (excludes halogenated alkanes) is 1. The highest BCUT2D eigenvalue weighted by molar-refractivity contribution is 7.46. The van der Waals surface area contributed by atoms with Crippen LogP contribution in [0, 0.1) is 5.92 Å². The Labute approximate surface area is 115 Å². The van der Waals surface area contributed by atoms with Crippen LogP contribution in [0.1, 0.15) is 53.4 Å². The van der Waals surface area contributed by atoms with Crippen LogP contribution >= 0.6 is 7.82 Å². The Morgan fingerprint density at radius 1 is 1.26 bits per heavy atom. The summed E-state index contributed by atoms with van der Waals surface area (Å²) in [5.74, 6) is 0.0603. The molecule has 0 aliphatic carbocycles. The quantitative estimate of drug-likeness (QED) is 0.528. The molecule has 0 saturated carbocycles. The Balaban J connectivity index is 0. The zero-order chi connectivity index (χ0) is 15.3. The van der Waals surface area contributed by atoms with Gasteiger partial charge in [-0.1, -0.05) is 33.1 Å². The van der Waals surface area contributed by atoms with E-state index in [1.165, 1.54) is 6.92 Å². The molecule has 7 heteroatoms. The van der Waals surface area contributed by atoms with Crippen LogP contribution in [0.2, 0.25) is 0 Å². The van der Waals surface area contributed by atoms with Crippen molar-refractivity contribution < 1.29 is 28.4 Å². The third kappa shape index (κ3) is 20.1. The normalized spacial score (nSPS) is 12.3. The molecule has 0 bridgehead atoms. The topological polar surface area (TPSA) is 93.1 Å². The molecule has 0 spiro atoms. The molecule has 0 amide bonds. The van der Waals surface area contributed by atoms with Gasteiger partial charge in [-0.2, -0.15) is 0 Å². The van der Waals surface area contributed by atoms with E-state index in [1.807, 2.05) is 6.92 Å². The lowest BCUT2D eigenvalue weighted by molar-refractivity contribution is -0.140. The van der Waals surface area contributed by atoms with E-state index in [9.17, 15) is 9.36 Å². The number of ether oxygens (including phenoxy) is 1. The molecule has 0 aromatic rings. The van der Waals surface area contributed by atoms with Gasteiger partial charge in [0.25, 0.3) is 0 Å². The molecule has 0 saturated heterocycles. The van der Waals surface area contributed by atoms with Gasteiger partial charge in [-0.3, -0.25) is 9.32 Å². The largest absolute Gasteiger partial charge is 0.469 e. The van der Waals surface area contributed by atoms with Crippen molar-refractivity contribution in [1.82, 2.24) is 0 Å². The average molecular weight is 298 g/mol. The first kappa shape index (κ1) is 20.9. The number of hydrogen-bond donors (Lipinski definition) is 2.